The smallest absolute Gasteiger partial charge is 0.313 e. The lowest BCUT2D eigenvalue weighted by Crippen LogP contribution is -2.14. The summed E-state index contributed by atoms with van der Waals surface area (Å²) in [5.74, 6) is 0.438. The van der Waals surface area contributed by atoms with Crippen LogP contribution in [0, 0.1) is 6.92 Å². The van der Waals surface area contributed by atoms with Crippen LogP contribution in [0.4, 0.5) is 5.69 Å². The van der Waals surface area contributed by atoms with Gasteiger partial charge in [-0.05, 0) is 42.7 Å². The van der Waals surface area contributed by atoms with Crippen molar-refractivity contribution < 1.29 is 13.9 Å². The average molecular weight is 337 g/mol. The molecule has 0 aliphatic heterocycles. The Morgan fingerprint density at radius 3 is 2.76 bits per heavy atom. The van der Waals surface area contributed by atoms with Crippen molar-refractivity contribution in [2.24, 2.45) is 0 Å². The predicted octanol–water partition coefficient (Wildman–Crippen LogP) is 3.87. The molecular weight excluding hydrogens is 318 g/mol. The van der Waals surface area contributed by atoms with Crippen LogP contribution in [0.5, 0.6) is 5.75 Å². The van der Waals surface area contributed by atoms with Crippen LogP contribution in [-0.2, 0) is 6.42 Å². The van der Waals surface area contributed by atoms with E-state index in [0.29, 0.717) is 11.3 Å². The van der Waals surface area contributed by atoms with E-state index in [1.54, 1.807) is 13.2 Å². The summed E-state index contributed by atoms with van der Waals surface area (Å²) in [5.41, 5.74) is 3.52. The van der Waals surface area contributed by atoms with Crippen LogP contribution >= 0.6 is 0 Å². The highest BCUT2D eigenvalue weighted by molar-refractivity contribution is 6.02. The molecule has 6 nitrogen and oxygen atoms in total. The van der Waals surface area contributed by atoms with Gasteiger partial charge in [0.1, 0.15) is 5.75 Å². The maximum Gasteiger partial charge on any atom is 0.313 e. The van der Waals surface area contributed by atoms with Gasteiger partial charge in [-0.25, -0.2) is 0 Å². The molecule has 0 spiro atoms. The number of carbonyl (C=O) groups is 1. The lowest BCUT2D eigenvalue weighted by molar-refractivity contribution is 0.0990. The van der Waals surface area contributed by atoms with Crippen LogP contribution in [0.1, 0.15) is 28.7 Å². The highest BCUT2D eigenvalue weighted by atomic mass is 16.5. The monoisotopic (exact) mass is 337 g/mol. The molecule has 3 aromatic rings. The molecule has 2 aromatic carbocycles. The van der Waals surface area contributed by atoms with Crippen molar-refractivity contribution in [2.45, 2.75) is 20.3 Å². The normalized spacial score (nSPS) is 10.5. The summed E-state index contributed by atoms with van der Waals surface area (Å²) in [6.45, 7) is 3.99. The summed E-state index contributed by atoms with van der Waals surface area (Å²) >= 11 is 0. The van der Waals surface area contributed by atoms with Crippen LogP contribution in [0.3, 0.4) is 0 Å². The van der Waals surface area contributed by atoms with Crippen LogP contribution in [0.25, 0.3) is 11.5 Å². The van der Waals surface area contributed by atoms with Gasteiger partial charge in [0.05, 0.1) is 7.11 Å². The Hall–Kier alpha value is -3.15. The first-order chi connectivity index (χ1) is 12.1. The van der Waals surface area contributed by atoms with E-state index in [-0.39, 0.29) is 11.8 Å². The van der Waals surface area contributed by atoms with E-state index < -0.39 is 5.91 Å². The second kappa shape index (κ2) is 7.17. The molecule has 0 bridgehead atoms. The van der Waals surface area contributed by atoms with E-state index in [0.717, 1.165) is 23.2 Å². The zero-order valence-corrected chi connectivity index (χ0v) is 14.4. The zero-order valence-electron chi connectivity index (χ0n) is 14.4. The van der Waals surface area contributed by atoms with Crippen molar-refractivity contribution in [3.8, 4) is 17.2 Å². The van der Waals surface area contributed by atoms with Gasteiger partial charge in [-0.1, -0.05) is 31.2 Å². The van der Waals surface area contributed by atoms with Crippen molar-refractivity contribution in [3.05, 3.63) is 59.5 Å². The molecule has 0 aliphatic carbocycles. The SMILES string of the molecule is CCc1cccc(C)c1NC(=O)c1nnc(-c2cccc(OC)c2)o1. The molecule has 0 saturated carbocycles. The topological polar surface area (TPSA) is 77.2 Å². The second-order valence-corrected chi connectivity index (χ2v) is 5.56. The van der Waals surface area contributed by atoms with E-state index in [1.807, 2.05) is 50.2 Å². The Bertz CT molecular complexity index is 902. The maximum absolute atomic E-state index is 12.5. The molecule has 0 radical (unpaired) electrons. The fourth-order valence-electron chi connectivity index (χ4n) is 2.56. The highest BCUT2D eigenvalue weighted by Crippen LogP contribution is 2.24. The number of methoxy groups -OCH3 is 1. The number of carbonyl (C=O) groups excluding carboxylic acids is 1. The first-order valence-electron chi connectivity index (χ1n) is 8.00. The molecule has 0 atom stereocenters. The Morgan fingerprint density at radius 2 is 2.00 bits per heavy atom. The molecule has 0 aliphatic rings. The van der Waals surface area contributed by atoms with E-state index in [1.165, 1.54) is 0 Å². The van der Waals surface area contributed by atoms with Crippen molar-refractivity contribution in [1.29, 1.82) is 0 Å². The minimum Gasteiger partial charge on any atom is -0.497 e. The number of nitrogens with one attached hydrogen (secondary N) is 1. The number of hydrogen-bond donors (Lipinski definition) is 1. The third-order valence-corrected chi connectivity index (χ3v) is 3.91. The van der Waals surface area contributed by atoms with Crippen molar-refractivity contribution in [3.63, 3.8) is 0 Å². The van der Waals surface area contributed by atoms with Crippen molar-refractivity contribution in [2.75, 3.05) is 12.4 Å². The van der Waals surface area contributed by atoms with E-state index >= 15 is 0 Å². The Labute approximate surface area is 145 Å². The molecule has 25 heavy (non-hydrogen) atoms. The van der Waals surface area contributed by atoms with Gasteiger partial charge in [0.2, 0.25) is 5.89 Å². The summed E-state index contributed by atoms with van der Waals surface area (Å²) in [5, 5.41) is 10.7. The van der Waals surface area contributed by atoms with Gasteiger partial charge in [0, 0.05) is 11.3 Å². The zero-order chi connectivity index (χ0) is 17.8. The first kappa shape index (κ1) is 16.7. The number of aryl methyl sites for hydroxylation is 2. The third kappa shape index (κ3) is 3.52. The minimum absolute atomic E-state index is 0.0804. The Balaban J connectivity index is 1.84. The number of benzene rings is 2. The average Bonchev–Trinajstić information content (AvgIpc) is 3.13. The molecule has 1 amide bonds. The van der Waals surface area contributed by atoms with Gasteiger partial charge in [0.25, 0.3) is 0 Å². The number of para-hydroxylation sites is 1. The molecule has 0 unspecified atom stereocenters. The van der Waals surface area contributed by atoms with Gasteiger partial charge in [-0.3, -0.25) is 4.79 Å². The maximum atomic E-state index is 12.5. The fraction of sp³-hybridized carbons (Fsp3) is 0.211. The summed E-state index contributed by atoms with van der Waals surface area (Å²) in [4.78, 5) is 12.5. The second-order valence-electron chi connectivity index (χ2n) is 5.56. The lowest BCUT2D eigenvalue weighted by atomic mass is 10.1. The third-order valence-electron chi connectivity index (χ3n) is 3.91. The van der Waals surface area contributed by atoms with Crippen molar-refractivity contribution in [1.82, 2.24) is 10.2 Å². The quantitative estimate of drug-likeness (QED) is 0.765. The number of ether oxygens (including phenoxy) is 1. The number of anilines is 1. The van der Waals surface area contributed by atoms with E-state index in [9.17, 15) is 4.79 Å². The Morgan fingerprint density at radius 1 is 1.20 bits per heavy atom. The van der Waals surface area contributed by atoms with E-state index in [4.69, 9.17) is 9.15 Å². The molecular formula is C19H19N3O3. The predicted molar refractivity (Wildman–Crippen MR) is 94.8 cm³/mol. The molecule has 3 rings (SSSR count). The first-order valence-corrected chi connectivity index (χ1v) is 8.00. The lowest BCUT2D eigenvalue weighted by Gasteiger charge is -2.11. The summed E-state index contributed by atoms with van der Waals surface area (Å²) in [6, 6.07) is 13.1. The standard InChI is InChI=1S/C19H19N3O3/c1-4-13-8-5-7-12(2)16(13)20-17(23)19-22-21-18(25-19)14-9-6-10-15(11-14)24-3/h5-11H,4H2,1-3H3,(H,20,23). The number of rotatable bonds is 5. The minimum atomic E-state index is -0.425. The van der Waals surface area contributed by atoms with Crippen LogP contribution < -0.4 is 10.1 Å². The van der Waals surface area contributed by atoms with Crippen LogP contribution in [0.2, 0.25) is 0 Å². The summed E-state index contributed by atoms with van der Waals surface area (Å²) < 4.78 is 10.7. The molecule has 1 N–H and O–H groups in total. The molecule has 6 heteroatoms. The number of amides is 1. The molecule has 0 fully saturated rings. The van der Waals surface area contributed by atoms with Gasteiger partial charge < -0.3 is 14.5 Å². The van der Waals surface area contributed by atoms with E-state index in [2.05, 4.69) is 15.5 Å². The van der Waals surface area contributed by atoms with Gasteiger partial charge in [-0.2, -0.15) is 0 Å². The van der Waals surface area contributed by atoms with Gasteiger partial charge in [-0.15, -0.1) is 10.2 Å². The van der Waals surface area contributed by atoms with Crippen LogP contribution in [-0.4, -0.2) is 23.2 Å². The molecule has 128 valence electrons. The summed E-state index contributed by atoms with van der Waals surface area (Å²) in [6.07, 6.45) is 0.816. The highest BCUT2D eigenvalue weighted by Gasteiger charge is 2.18. The molecule has 0 saturated heterocycles. The fourth-order valence-corrected chi connectivity index (χ4v) is 2.56. The molecule has 1 aromatic heterocycles. The Kier molecular flexibility index (Phi) is 4.79. The van der Waals surface area contributed by atoms with Crippen LogP contribution in [0.15, 0.2) is 46.9 Å². The van der Waals surface area contributed by atoms with Crippen molar-refractivity contribution >= 4 is 11.6 Å². The largest absolute Gasteiger partial charge is 0.497 e. The number of nitrogens with zero attached hydrogens (tertiary/aromatic N) is 2. The van der Waals surface area contributed by atoms with Gasteiger partial charge in [0.15, 0.2) is 0 Å². The van der Waals surface area contributed by atoms with Gasteiger partial charge >= 0.3 is 11.8 Å². The summed E-state index contributed by atoms with van der Waals surface area (Å²) in [7, 11) is 1.58. The molecule has 1 heterocycles. The number of aromatic nitrogens is 2. The number of hydrogen-bond acceptors (Lipinski definition) is 5.